The molecule has 1 aliphatic rings. The Balaban J connectivity index is 1.88. The van der Waals surface area contributed by atoms with Gasteiger partial charge in [0.05, 0.1) is 5.02 Å². The summed E-state index contributed by atoms with van der Waals surface area (Å²) in [6.07, 6.45) is 5.45. The second-order valence-electron chi connectivity index (χ2n) is 5.81. The Labute approximate surface area is 126 Å². The number of rotatable bonds is 6. The molecule has 1 saturated carbocycles. The van der Waals surface area contributed by atoms with Gasteiger partial charge in [-0.05, 0) is 43.0 Å². The van der Waals surface area contributed by atoms with E-state index in [2.05, 4.69) is 37.4 Å². The van der Waals surface area contributed by atoms with Gasteiger partial charge in [-0.1, -0.05) is 44.4 Å². The maximum atomic E-state index is 6.40. The zero-order chi connectivity index (χ0) is 13.7. The molecule has 3 heteroatoms. The molecule has 1 N–H and O–H groups in total. The van der Waals surface area contributed by atoms with Crippen LogP contribution in [0.1, 0.15) is 45.1 Å². The van der Waals surface area contributed by atoms with Crippen molar-refractivity contribution >= 4 is 23.4 Å². The average Bonchev–Trinajstić information content (AvgIpc) is 2.85. The van der Waals surface area contributed by atoms with Crippen molar-refractivity contribution < 1.29 is 0 Å². The van der Waals surface area contributed by atoms with Crippen molar-refractivity contribution in [3.05, 3.63) is 28.8 Å². The largest absolute Gasteiger partial charge is 0.312 e. The first-order valence-electron chi connectivity index (χ1n) is 7.31. The first-order chi connectivity index (χ1) is 9.15. The summed E-state index contributed by atoms with van der Waals surface area (Å²) in [6, 6.07) is 6.51. The van der Waals surface area contributed by atoms with E-state index in [-0.39, 0.29) is 0 Å². The first kappa shape index (κ1) is 15.2. The van der Waals surface area contributed by atoms with E-state index in [4.69, 9.17) is 11.6 Å². The lowest BCUT2D eigenvalue weighted by molar-refractivity contribution is 0.552. The second kappa shape index (κ2) is 7.56. The minimum atomic E-state index is 0.688. The molecule has 0 radical (unpaired) electrons. The van der Waals surface area contributed by atoms with E-state index < -0.39 is 0 Å². The van der Waals surface area contributed by atoms with Crippen molar-refractivity contribution in [3.8, 4) is 0 Å². The van der Waals surface area contributed by atoms with E-state index in [0.717, 1.165) is 23.4 Å². The van der Waals surface area contributed by atoms with E-state index in [9.17, 15) is 0 Å². The normalized spacial score (nSPS) is 16.4. The summed E-state index contributed by atoms with van der Waals surface area (Å²) < 4.78 is 0. The number of thioether (sulfide) groups is 1. The van der Waals surface area contributed by atoms with E-state index in [1.807, 2.05) is 11.8 Å². The number of hydrogen-bond acceptors (Lipinski definition) is 2. The van der Waals surface area contributed by atoms with Gasteiger partial charge in [0.15, 0.2) is 0 Å². The van der Waals surface area contributed by atoms with Gasteiger partial charge in [0.2, 0.25) is 0 Å². The third-order valence-electron chi connectivity index (χ3n) is 3.47. The van der Waals surface area contributed by atoms with Crippen molar-refractivity contribution in [2.45, 2.75) is 56.2 Å². The molecule has 0 bridgehead atoms. The molecular formula is C16H24ClNS. The van der Waals surface area contributed by atoms with Crippen molar-refractivity contribution in [3.63, 3.8) is 0 Å². The maximum Gasteiger partial charge on any atom is 0.0545 e. The van der Waals surface area contributed by atoms with E-state index >= 15 is 0 Å². The van der Waals surface area contributed by atoms with Crippen LogP contribution in [0.5, 0.6) is 0 Å². The van der Waals surface area contributed by atoms with E-state index in [1.165, 1.54) is 36.1 Å². The van der Waals surface area contributed by atoms with Crippen LogP contribution in [0.3, 0.4) is 0 Å². The molecule has 106 valence electrons. The molecule has 1 aliphatic carbocycles. The molecule has 0 aromatic heterocycles. The Bertz CT molecular complexity index is 400. The number of nitrogens with one attached hydrogen (secondary N) is 1. The first-order valence-corrected chi connectivity index (χ1v) is 8.56. The highest BCUT2D eigenvalue weighted by molar-refractivity contribution is 8.00. The summed E-state index contributed by atoms with van der Waals surface area (Å²) in [6.45, 7) is 6.41. The lowest BCUT2D eigenvalue weighted by Gasteiger charge is -2.12. The van der Waals surface area contributed by atoms with Gasteiger partial charge in [-0.25, -0.2) is 0 Å². The van der Waals surface area contributed by atoms with Crippen LogP contribution in [-0.2, 0) is 6.54 Å². The van der Waals surface area contributed by atoms with Crippen molar-refractivity contribution in [2.24, 2.45) is 5.92 Å². The maximum absolute atomic E-state index is 6.40. The fraction of sp³-hybridized carbons (Fsp3) is 0.625. The SMILES string of the molecule is CC(C)CNCc1ccc(SC2CCCC2)c(Cl)c1. The molecule has 0 unspecified atom stereocenters. The van der Waals surface area contributed by atoms with Gasteiger partial charge in [-0.3, -0.25) is 0 Å². The lowest BCUT2D eigenvalue weighted by atomic mass is 10.2. The standard InChI is InChI=1S/C16H24ClNS/c1-12(2)10-18-11-13-7-8-16(15(17)9-13)19-14-5-3-4-6-14/h7-9,12,14,18H,3-6,10-11H2,1-2H3. The van der Waals surface area contributed by atoms with Gasteiger partial charge in [0, 0.05) is 16.7 Å². The molecule has 1 aromatic carbocycles. The quantitative estimate of drug-likeness (QED) is 0.782. The van der Waals surface area contributed by atoms with Gasteiger partial charge >= 0.3 is 0 Å². The number of benzene rings is 1. The van der Waals surface area contributed by atoms with Crippen LogP contribution >= 0.6 is 23.4 Å². The summed E-state index contributed by atoms with van der Waals surface area (Å²) in [7, 11) is 0. The Morgan fingerprint density at radius 3 is 2.68 bits per heavy atom. The highest BCUT2D eigenvalue weighted by atomic mass is 35.5. The van der Waals surface area contributed by atoms with Crippen LogP contribution in [0.25, 0.3) is 0 Å². The third kappa shape index (κ3) is 5.02. The topological polar surface area (TPSA) is 12.0 Å². The van der Waals surface area contributed by atoms with Crippen molar-refractivity contribution in [1.82, 2.24) is 5.32 Å². The number of halogens is 1. The summed E-state index contributed by atoms with van der Waals surface area (Å²) in [4.78, 5) is 1.25. The number of hydrogen-bond donors (Lipinski definition) is 1. The van der Waals surface area contributed by atoms with Gasteiger partial charge in [-0.2, -0.15) is 0 Å². The molecule has 19 heavy (non-hydrogen) atoms. The summed E-state index contributed by atoms with van der Waals surface area (Å²) in [5.41, 5.74) is 1.28. The Morgan fingerprint density at radius 2 is 2.05 bits per heavy atom. The summed E-state index contributed by atoms with van der Waals surface area (Å²) >= 11 is 8.36. The Kier molecular flexibility index (Phi) is 6.06. The Hall–Kier alpha value is -0.180. The molecule has 2 rings (SSSR count). The summed E-state index contributed by atoms with van der Waals surface area (Å²) in [5, 5.41) is 5.15. The molecule has 0 heterocycles. The van der Waals surface area contributed by atoms with Crippen LogP contribution in [0, 0.1) is 5.92 Å². The molecule has 0 atom stereocenters. The van der Waals surface area contributed by atoms with Gasteiger partial charge < -0.3 is 5.32 Å². The predicted octanol–water partition coefficient (Wildman–Crippen LogP) is 5.12. The van der Waals surface area contributed by atoms with Crippen LogP contribution in [0.2, 0.25) is 5.02 Å². The van der Waals surface area contributed by atoms with Crippen LogP contribution in [-0.4, -0.2) is 11.8 Å². The minimum Gasteiger partial charge on any atom is -0.312 e. The van der Waals surface area contributed by atoms with Crippen LogP contribution < -0.4 is 5.32 Å². The predicted molar refractivity (Wildman–Crippen MR) is 86.1 cm³/mol. The molecule has 1 fully saturated rings. The molecule has 1 aromatic rings. The fourth-order valence-corrected chi connectivity index (χ4v) is 4.02. The third-order valence-corrected chi connectivity index (χ3v) is 5.31. The van der Waals surface area contributed by atoms with Gasteiger partial charge in [-0.15, -0.1) is 11.8 Å². The van der Waals surface area contributed by atoms with Crippen molar-refractivity contribution in [1.29, 1.82) is 0 Å². The van der Waals surface area contributed by atoms with Crippen molar-refractivity contribution in [2.75, 3.05) is 6.54 Å². The molecule has 0 saturated heterocycles. The minimum absolute atomic E-state index is 0.688. The van der Waals surface area contributed by atoms with E-state index in [1.54, 1.807) is 0 Å². The zero-order valence-corrected chi connectivity index (χ0v) is 13.5. The fourth-order valence-electron chi connectivity index (χ4n) is 2.44. The molecule has 1 nitrogen and oxygen atoms in total. The molecule has 0 amide bonds. The van der Waals surface area contributed by atoms with E-state index in [0.29, 0.717) is 5.92 Å². The molecule has 0 aliphatic heterocycles. The lowest BCUT2D eigenvalue weighted by Crippen LogP contribution is -2.18. The Morgan fingerprint density at radius 1 is 1.32 bits per heavy atom. The second-order valence-corrected chi connectivity index (χ2v) is 7.56. The average molecular weight is 298 g/mol. The van der Waals surface area contributed by atoms with Crippen LogP contribution in [0.15, 0.2) is 23.1 Å². The highest BCUT2D eigenvalue weighted by Crippen LogP contribution is 2.38. The summed E-state index contributed by atoms with van der Waals surface area (Å²) in [5.74, 6) is 0.688. The smallest absolute Gasteiger partial charge is 0.0545 e. The molecule has 0 spiro atoms. The van der Waals surface area contributed by atoms with Gasteiger partial charge in [0.25, 0.3) is 0 Å². The zero-order valence-electron chi connectivity index (χ0n) is 11.9. The highest BCUT2D eigenvalue weighted by Gasteiger charge is 2.17. The monoisotopic (exact) mass is 297 g/mol. The van der Waals surface area contributed by atoms with Gasteiger partial charge in [0.1, 0.15) is 0 Å². The van der Waals surface area contributed by atoms with Crippen LogP contribution in [0.4, 0.5) is 0 Å². The molecular weight excluding hydrogens is 274 g/mol.